The van der Waals surface area contributed by atoms with Gasteiger partial charge in [0, 0.05) is 12.3 Å². The number of aromatic nitrogens is 2. The maximum absolute atomic E-state index is 13.7. The Morgan fingerprint density at radius 1 is 1.14 bits per heavy atom. The van der Waals surface area contributed by atoms with Crippen molar-refractivity contribution in [3.63, 3.8) is 0 Å². The van der Waals surface area contributed by atoms with E-state index in [4.69, 9.17) is 11.6 Å². The normalized spacial score (nSPS) is 11.2. The average Bonchev–Trinajstić information content (AvgIpc) is 2.79. The first-order valence-corrected chi connectivity index (χ1v) is 7.44. The lowest BCUT2D eigenvalue weighted by Gasteiger charge is -2.12. The van der Waals surface area contributed by atoms with Crippen LogP contribution in [-0.4, -0.2) is 15.4 Å². The largest absolute Gasteiger partial charge is 0.296 e. The first-order valence-electron chi connectivity index (χ1n) is 6.90. The van der Waals surface area contributed by atoms with Gasteiger partial charge in [0.2, 0.25) is 0 Å². The zero-order valence-corrected chi connectivity index (χ0v) is 12.8. The van der Waals surface area contributed by atoms with E-state index in [1.165, 1.54) is 6.07 Å². The zero-order chi connectivity index (χ0) is 15.0. The number of rotatable bonds is 3. The van der Waals surface area contributed by atoms with E-state index in [1.54, 1.807) is 12.1 Å². The molecule has 4 heteroatoms. The Hall–Kier alpha value is -1.87. The Labute approximate surface area is 128 Å². The van der Waals surface area contributed by atoms with Crippen molar-refractivity contribution < 1.29 is 4.39 Å². The van der Waals surface area contributed by atoms with E-state index >= 15 is 0 Å². The van der Waals surface area contributed by atoms with Crippen molar-refractivity contribution in [2.45, 2.75) is 20.3 Å². The van der Waals surface area contributed by atoms with Gasteiger partial charge >= 0.3 is 0 Å². The molecule has 0 saturated carbocycles. The summed E-state index contributed by atoms with van der Waals surface area (Å²) in [4.78, 5) is 4.65. The second-order valence-electron chi connectivity index (χ2n) is 5.23. The predicted molar refractivity (Wildman–Crippen MR) is 84.9 cm³/mol. The monoisotopic (exact) mass is 302 g/mol. The molecular weight excluding hydrogens is 287 g/mol. The summed E-state index contributed by atoms with van der Waals surface area (Å²) in [6.45, 7) is 4.01. The number of halogens is 2. The van der Waals surface area contributed by atoms with Crippen LogP contribution in [-0.2, 0) is 6.42 Å². The highest BCUT2D eigenvalue weighted by Crippen LogP contribution is 2.26. The third kappa shape index (κ3) is 2.54. The van der Waals surface area contributed by atoms with Crippen molar-refractivity contribution in [2.24, 2.45) is 0 Å². The molecule has 0 saturated heterocycles. The standard InChI is InChI=1S/C17H16ClFN2/c1-11-3-6-14-16(9-11)21(17(20-14)7-8-18)15-10-13(19)5-4-12(15)2/h3-6,9-10H,7-8H2,1-2H3. The minimum absolute atomic E-state index is 0.248. The summed E-state index contributed by atoms with van der Waals surface area (Å²) in [5.74, 6) is 1.10. The van der Waals surface area contributed by atoms with Gasteiger partial charge in [0.15, 0.2) is 0 Å². The van der Waals surface area contributed by atoms with Crippen LogP contribution in [0.25, 0.3) is 16.7 Å². The third-order valence-electron chi connectivity index (χ3n) is 3.61. The Morgan fingerprint density at radius 3 is 2.71 bits per heavy atom. The number of hydrogen-bond acceptors (Lipinski definition) is 1. The lowest BCUT2D eigenvalue weighted by Crippen LogP contribution is -2.04. The van der Waals surface area contributed by atoms with Crippen LogP contribution in [0.4, 0.5) is 4.39 Å². The third-order valence-corrected chi connectivity index (χ3v) is 3.80. The summed E-state index contributed by atoms with van der Waals surface area (Å²) in [6.07, 6.45) is 0.644. The molecule has 3 aromatic rings. The van der Waals surface area contributed by atoms with E-state index in [0.29, 0.717) is 12.3 Å². The lowest BCUT2D eigenvalue weighted by atomic mass is 10.1. The SMILES string of the molecule is Cc1ccc2nc(CCCl)n(-c3cc(F)ccc3C)c2c1. The molecule has 1 aromatic heterocycles. The van der Waals surface area contributed by atoms with E-state index in [1.807, 2.05) is 30.5 Å². The first-order chi connectivity index (χ1) is 10.1. The summed E-state index contributed by atoms with van der Waals surface area (Å²) < 4.78 is 15.7. The van der Waals surface area contributed by atoms with Crippen LogP contribution in [0.2, 0.25) is 0 Å². The fraction of sp³-hybridized carbons (Fsp3) is 0.235. The van der Waals surface area contributed by atoms with Crippen molar-refractivity contribution in [3.05, 3.63) is 59.2 Å². The van der Waals surface area contributed by atoms with E-state index in [-0.39, 0.29) is 5.82 Å². The molecule has 0 aliphatic heterocycles. The van der Waals surface area contributed by atoms with Crippen molar-refractivity contribution in [1.82, 2.24) is 9.55 Å². The van der Waals surface area contributed by atoms with Gasteiger partial charge in [-0.2, -0.15) is 0 Å². The van der Waals surface area contributed by atoms with Crippen molar-refractivity contribution in [1.29, 1.82) is 0 Å². The van der Waals surface area contributed by atoms with E-state index in [2.05, 4.69) is 11.1 Å². The molecular formula is C17H16ClFN2. The number of nitrogens with zero attached hydrogens (tertiary/aromatic N) is 2. The van der Waals surface area contributed by atoms with E-state index in [9.17, 15) is 4.39 Å². The first kappa shape index (κ1) is 14.1. The van der Waals surface area contributed by atoms with Crippen LogP contribution in [0.3, 0.4) is 0 Å². The maximum atomic E-state index is 13.7. The fourth-order valence-electron chi connectivity index (χ4n) is 2.58. The van der Waals surface area contributed by atoms with E-state index < -0.39 is 0 Å². The molecule has 0 unspecified atom stereocenters. The van der Waals surface area contributed by atoms with Crippen LogP contribution in [0, 0.1) is 19.7 Å². The molecule has 3 rings (SSSR count). The van der Waals surface area contributed by atoms with Gasteiger partial charge in [0.05, 0.1) is 16.7 Å². The fourth-order valence-corrected chi connectivity index (χ4v) is 2.75. The lowest BCUT2D eigenvalue weighted by molar-refractivity contribution is 0.626. The molecule has 0 aliphatic carbocycles. The van der Waals surface area contributed by atoms with Gasteiger partial charge in [0.25, 0.3) is 0 Å². The number of aryl methyl sites for hydroxylation is 3. The zero-order valence-electron chi connectivity index (χ0n) is 12.0. The molecule has 0 spiro atoms. The summed E-state index contributed by atoms with van der Waals surface area (Å²) >= 11 is 5.90. The van der Waals surface area contributed by atoms with Gasteiger partial charge in [-0.3, -0.25) is 4.57 Å². The minimum Gasteiger partial charge on any atom is -0.296 e. The van der Waals surface area contributed by atoms with Gasteiger partial charge < -0.3 is 0 Å². The topological polar surface area (TPSA) is 17.8 Å². The van der Waals surface area contributed by atoms with Crippen LogP contribution < -0.4 is 0 Å². The van der Waals surface area contributed by atoms with Gasteiger partial charge in [0.1, 0.15) is 11.6 Å². The Bertz CT molecular complexity index is 808. The van der Waals surface area contributed by atoms with E-state index in [0.717, 1.165) is 33.7 Å². The molecule has 0 bridgehead atoms. The average molecular weight is 303 g/mol. The summed E-state index contributed by atoms with van der Waals surface area (Å²) in [5.41, 5.74) is 4.87. The molecule has 0 N–H and O–H groups in total. The number of alkyl halides is 1. The van der Waals surface area contributed by atoms with Gasteiger partial charge in [-0.25, -0.2) is 9.37 Å². The van der Waals surface area contributed by atoms with Crippen LogP contribution in [0.5, 0.6) is 0 Å². The Balaban J connectivity index is 2.35. The van der Waals surface area contributed by atoms with Crippen LogP contribution >= 0.6 is 11.6 Å². The second kappa shape index (κ2) is 5.49. The molecule has 0 amide bonds. The highest BCUT2D eigenvalue weighted by Gasteiger charge is 2.14. The Kier molecular flexibility index (Phi) is 3.68. The van der Waals surface area contributed by atoms with Gasteiger partial charge in [-0.1, -0.05) is 12.1 Å². The number of hydrogen-bond donors (Lipinski definition) is 0. The van der Waals surface area contributed by atoms with Crippen LogP contribution in [0.1, 0.15) is 17.0 Å². The molecule has 0 radical (unpaired) electrons. The molecule has 0 fully saturated rings. The van der Waals surface area contributed by atoms with Crippen LogP contribution in [0.15, 0.2) is 36.4 Å². The molecule has 21 heavy (non-hydrogen) atoms. The highest BCUT2D eigenvalue weighted by molar-refractivity contribution is 6.17. The molecule has 0 aliphatic rings. The smallest absolute Gasteiger partial charge is 0.125 e. The van der Waals surface area contributed by atoms with Gasteiger partial charge in [-0.05, 0) is 49.2 Å². The van der Waals surface area contributed by atoms with Crippen molar-refractivity contribution in [3.8, 4) is 5.69 Å². The second-order valence-corrected chi connectivity index (χ2v) is 5.60. The number of benzene rings is 2. The predicted octanol–water partition coefficient (Wildman–Crippen LogP) is 4.56. The highest BCUT2D eigenvalue weighted by atomic mass is 35.5. The molecule has 108 valence electrons. The summed E-state index contributed by atoms with van der Waals surface area (Å²) in [7, 11) is 0. The molecule has 0 atom stereocenters. The molecule has 2 nitrogen and oxygen atoms in total. The minimum atomic E-state index is -0.248. The molecule has 1 heterocycles. The number of imidazole rings is 1. The Morgan fingerprint density at radius 2 is 1.95 bits per heavy atom. The summed E-state index contributed by atoms with van der Waals surface area (Å²) in [5, 5.41) is 0. The molecule has 2 aromatic carbocycles. The van der Waals surface area contributed by atoms with Crippen molar-refractivity contribution in [2.75, 3.05) is 5.88 Å². The van der Waals surface area contributed by atoms with Gasteiger partial charge in [-0.15, -0.1) is 11.6 Å². The number of fused-ring (bicyclic) bond motifs is 1. The summed E-state index contributed by atoms with van der Waals surface area (Å²) in [6, 6.07) is 10.9. The maximum Gasteiger partial charge on any atom is 0.125 e. The van der Waals surface area contributed by atoms with Crippen molar-refractivity contribution >= 4 is 22.6 Å². The quantitative estimate of drug-likeness (QED) is 0.648.